The van der Waals surface area contributed by atoms with Gasteiger partial charge in [-0.15, -0.1) is 0 Å². The zero-order valence-electron chi connectivity index (χ0n) is 12.5. The molecule has 1 aromatic heterocycles. The standard InChI is InChI=1S/C16H19N3O/c1-10-8-12(6-7-13(10)20-5)14-11(2)18-15(19-14)16(3,4)9-17/h6-8H,1-5H3,(H,18,19). The highest BCUT2D eigenvalue weighted by Gasteiger charge is 2.25. The monoisotopic (exact) mass is 269 g/mol. The number of aromatic nitrogens is 2. The second-order valence-corrected chi connectivity index (χ2v) is 5.48. The summed E-state index contributed by atoms with van der Waals surface area (Å²) < 4.78 is 5.27. The Kier molecular flexibility index (Phi) is 3.54. The second-order valence-electron chi connectivity index (χ2n) is 5.48. The lowest BCUT2D eigenvalue weighted by Gasteiger charge is -2.10. The first-order valence-corrected chi connectivity index (χ1v) is 6.52. The summed E-state index contributed by atoms with van der Waals surface area (Å²) in [6.07, 6.45) is 0. The molecule has 0 radical (unpaired) electrons. The Labute approximate surface area is 119 Å². The molecule has 0 atom stereocenters. The van der Waals surface area contributed by atoms with Gasteiger partial charge < -0.3 is 9.72 Å². The van der Waals surface area contributed by atoms with Crippen LogP contribution in [0.4, 0.5) is 0 Å². The minimum absolute atomic E-state index is 0.621. The van der Waals surface area contributed by atoms with Gasteiger partial charge in [-0.2, -0.15) is 5.26 Å². The van der Waals surface area contributed by atoms with Crippen LogP contribution in [0.15, 0.2) is 18.2 Å². The normalized spacial score (nSPS) is 11.2. The summed E-state index contributed by atoms with van der Waals surface area (Å²) in [5, 5.41) is 9.20. The van der Waals surface area contributed by atoms with Crippen molar-refractivity contribution in [3.05, 3.63) is 35.3 Å². The summed E-state index contributed by atoms with van der Waals surface area (Å²) in [6, 6.07) is 8.23. The fourth-order valence-electron chi connectivity index (χ4n) is 2.12. The fraction of sp³-hybridized carbons (Fsp3) is 0.375. The maximum absolute atomic E-state index is 9.20. The van der Waals surface area contributed by atoms with E-state index in [0.29, 0.717) is 5.82 Å². The lowest BCUT2D eigenvalue weighted by atomic mass is 9.95. The van der Waals surface area contributed by atoms with Gasteiger partial charge in [-0.3, -0.25) is 0 Å². The minimum atomic E-state index is -0.621. The third-order valence-corrected chi connectivity index (χ3v) is 3.42. The highest BCUT2D eigenvalue weighted by atomic mass is 16.5. The van der Waals surface area contributed by atoms with E-state index >= 15 is 0 Å². The zero-order chi connectivity index (χ0) is 14.9. The summed E-state index contributed by atoms with van der Waals surface area (Å²) in [5.41, 5.74) is 3.32. The predicted molar refractivity (Wildman–Crippen MR) is 78.7 cm³/mol. The number of hydrogen-bond acceptors (Lipinski definition) is 3. The van der Waals surface area contributed by atoms with Crippen molar-refractivity contribution in [1.82, 2.24) is 9.97 Å². The summed E-state index contributed by atoms with van der Waals surface area (Å²) in [4.78, 5) is 7.82. The number of aryl methyl sites for hydroxylation is 2. The molecular formula is C16H19N3O. The first-order valence-electron chi connectivity index (χ1n) is 6.52. The molecule has 0 spiro atoms. The first-order chi connectivity index (χ1) is 9.39. The van der Waals surface area contributed by atoms with Crippen LogP contribution in [0.2, 0.25) is 0 Å². The molecule has 0 aliphatic heterocycles. The number of nitrogens with one attached hydrogen (secondary N) is 1. The molecule has 1 aromatic carbocycles. The summed E-state index contributed by atoms with van der Waals surface area (Å²) in [5.74, 6) is 1.56. The Hall–Kier alpha value is -2.28. The highest BCUT2D eigenvalue weighted by Crippen LogP contribution is 2.29. The summed E-state index contributed by atoms with van der Waals surface area (Å²) in [7, 11) is 1.66. The molecule has 2 rings (SSSR count). The molecule has 4 heteroatoms. The van der Waals surface area contributed by atoms with E-state index < -0.39 is 5.41 Å². The quantitative estimate of drug-likeness (QED) is 0.927. The van der Waals surface area contributed by atoms with Gasteiger partial charge in [-0.05, 0) is 51.5 Å². The first kappa shape index (κ1) is 14.1. The number of rotatable bonds is 3. The van der Waals surface area contributed by atoms with Gasteiger partial charge in [0, 0.05) is 11.3 Å². The Morgan fingerprint density at radius 3 is 2.55 bits per heavy atom. The number of ether oxygens (including phenoxy) is 1. The van der Waals surface area contributed by atoms with Crippen LogP contribution in [0, 0.1) is 25.2 Å². The molecule has 1 N–H and O–H groups in total. The topological polar surface area (TPSA) is 61.7 Å². The predicted octanol–water partition coefficient (Wildman–Crippen LogP) is 3.50. The van der Waals surface area contributed by atoms with Gasteiger partial charge in [0.15, 0.2) is 0 Å². The van der Waals surface area contributed by atoms with E-state index in [0.717, 1.165) is 28.3 Å². The number of imidazole rings is 1. The highest BCUT2D eigenvalue weighted by molar-refractivity contribution is 5.64. The SMILES string of the molecule is COc1ccc(-c2nc(C(C)(C)C#N)[nH]c2C)cc1C. The number of nitrogens with zero attached hydrogens (tertiary/aromatic N) is 2. The zero-order valence-corrected chi connectivity index (χ0v) is 12.5. The van der Waals surface area contributed by atoms with Gasteiger partial charge >= 0.3 is 0 Å². The van der Waals surface area contributed by atoms with Gasteiger partial charge in [0.1, 0.15) is 17.0 Å². The number of H-pyrrole nitrogens is 1. The molecule has 0 aliphatic rings. The van der Waals surface area contributed by atoms with Crippen LogP contribution in [-0.4, -0.2) is 17.1 Å². The van der Waals surface area contributed by atoms with Crippen LogP contribution >= 0.6 is 0 Å². The molecule has 0 amide bonds. The number of methoxy groups -OCH3 is 1. The lowest BCUT2D eigenvalue weighted by Crippen LogP contribution is -2.15. The molecule has 104 valence electrons. The summed E-state index contributed by atoms with van der Waals surface area (Å²) >= 11 is 0. The van der Waals surface area contributed by atoms with E-state index in [1.54, 1.807) is 7.11 Å². The van der Waals surface area contributed by atoms with Gasteiger partial charge in [-0.1, -0.05) is 0 Å². The molecular weight excluding hydrogens is 250 g/mol. The van der Waals surface area contributed by atoms with Crippen LogP contribution in [0.3, 0.4) is 0 Å². The molecule has 4 nitrogen and oxygen atoms in total. The molecule has 0 fully saturated rings. The average molecular weight is 269 g/mol. The minimum Gasteiger partial charge on any atom is -0.496 e. The van der Waals surface area contributed by atoms with E-state index in [4.69, 9.17) is 4.74 Å². The molecule has 2 aromatic rings. The fourth-order valence-corrected chi connectivity index (χ4v) is 2.12. The molecule has 0 unspecified atom stereocenters. The van der Waals surface area contributed by atoms with Crippen molar-refractivity contribution < 1.29 is 4.74 Å². The average Bonchev–Trinajstić information content (AvgIpc) is 2.81. The van der Waals surface area contributed by atoms with E-state index in [9.17, 15) is 5.26 Å². The van der Waals surface area contributed by atoms with Gasteiger partial charge in [0.25, 0.3) is 0 Å². The van der Waals surface area contributed by atoms with Gasteiger partial charge in [-0.25, -0.2) is 4.98 Å². The summed E-state index contributed by atoms with van der Waals surface area (Å²) in [6.45, 7) is 7.69. The van der Waals surface area contributed by atoms with E-state index in [1.165, 1.54) is 0 Å². The van der Waals surface area contributed by atoms with Crippen molar-refractivity contribution in [3.63, 3.8) is 0 Å². The van der Waals surface area contributed by atoms with E-state index in [2.05, 4.69) is 16.0 Å². The Morgan fingerprint density at radius 2 is 2.00 bits per heavy atom. The third kappa shape index (κ3) is 2.39. The molecule has 0 saturated heterocycles. The number of nitriles is 1. The largest absolute Gasteiger partial charge is 0.496 e. The smallest absolute Gasteiger partial charge is 0.126 e. The second kappa shape index (κ2) is 5.01. The number of aromatic amines is 1. The van der Waals surface area contributed by atoms with Crippen molar-refractivity contribution in [2.45, 2.75) is 33.1 Å². The van der Waals surface area contributed by atoms with E-state index in [-0.39, 0.29) is 0 Å². The van der Waals surface area contributed by atoms with Crippen LogP contribution in [0.1, 0.15) is 30.9 Å². The van der Waals surface area contributed by atoms with Gasteiger partial charge in [0.05, 0.1) is 18.9 Å². The van der Waals surface area contributed by atoms with Crippen LogP contribution in [-0.2, 0) is 5.41 Å². The van der Waals surface area contributed by atoms with Gasteiger partial charge in [0.2, 0.25) is 0 Å². The molecule has 1 heterocycles. The number of hydrogen-bond donors (Lipinski definition) is 1. The van der Waals surface area contributed by atoms with Crippen molar-refractivity contribution in [1.29, 1.82) is 5.26 Å². The molecule has 0 saturated carbocycles. The van der Waals surface area contributed by atoms with E-state index in [1.807, 2.05) is 45.9 Å². The Balaban J connectivity index is 2.49. The Bertz CT molecular complexity index is 678. The maximum Gasteiger partial charge on any atom is 0.126 e. The van der Waals surface area contributed by atoms with Crippen molar-refractivity contribution in [2.75, 3.05) is 7.11 Å². The molecule has 0 aliphatic carbocycles. The van der Waals surface area contributed by atoms with Crippen LogP contribution in [0.25, 0.3) is 11.3 Å². The van der Waals surface area contributed by atoms with Crippen molar-refractivity contribution in [3.8, 4) is 23.1 Å². The maximum atomic E-state index is 9.20. The molecule has 0 bridgehead atoms. The third-order valence-electron chi connectivity index (χ3n) is 3.42. The molecule has 20 heavy (non-hydrogen) atoms. The van der Waals surface area contributed by atoms with Crippen molar-refractivity contribution >= 4 is 0 Å². The number of benzene rings is 1. The van der Waals surface area contributed by atoms with Crippen LogP contribution < -0.4 is 4.74 Å². The lowest BCUT2D eigenvalue weighted by molar-refractivity contribution is 0.412. The Morgan fingerprint density at radius 1 is 1.30 bits per heavy atom. The van der Waals surface area contributed by atoms with Crippen LogP contribution in [0.5, 0.6) is 5.75 Å². The van der Waals surface area contributed by atoms with Crippen molar-refractivity contribution in [2.24, 2.45) is 0 Å².